The van der Waals surface area contributed by atoms with E-state index < -0.39 is 0 Å². The van der Waals surface area contributed by atoms with Gasteiger partial charge in [-0.15, -0.1) is 0 Å². The Morgan fingerprint density at radius 3 is 2.53 bits per heavy atom. The van der Waals surface area contributed by atoms with E-state index >= 15 is 0 Å². The van der Waals surface area contributed by atoms with Crippen molar-refractivity contribution >= 4 is 29.0 Å². The first-order valence-electron chi connectivity index (χ1n) is 5.99. The zero-order valence-electron chi connectivity index (χ0n) is 11.2. The van der Waals surface area contributed by atoms with Crippen LogP contribution in [0.1, 0.15) is 16.8 Å². The van der Waals surface area contributed by atoms with Crippen molar-refractivity contribution in [1.29, 1.82) is 0 Å². The summed E-state index contributed by atoms with van der Waals surface area (Å²) >= 11 is 5.24. The van der Waals surface area contributed by atoms with E-state index in [-0.39, 0.29) is 0 Å². The molecule has 0 atom stereocenters. The first kappa shape index (κ1) is 13.4. The number of anilines is 2. The topological polar surface area (TPSA) is 49.8 Å². The van der Waals surface area contributed by atoms with E-state index in [1.165, 1.54) is 11.1 Å². The zero-order valence-corrected chi connectivity index (χ0v) is 12.0. The molecule has 0 unspecified atom stereocenters. The van der Waals surface area contributed by atoms with Crippen LogP contribution in [0.5, 0.6) is 0 Å². The first-order chi connectivity index (χ1) is 9.04. The van der Waals surface area contributed by atoms with E-state index in [1.54, 1.807) is 6.20 Å². The summed E-state index contributed by atoms with van der Waals surface area (Å²) in [6, 6.07) is 7.95. The van der Waals surface area contributed by atoms with Crippen LogP contribution in [0.15, 0.2) is 30.5 Å². The molecule has 0 amide bonds. The van der Waals surface area contributed by atoms with Crippen LogP contribution in [0.3, 0.4) is 0 Å². The smallest absolute Gasteiger partial charge is 0.229 e. The third-order valence-corrected chi connectivity index (χ3v) is 2.99. The van der Waals surface area contributed by atoms with Crippen LogP contribution in [-0.2, 0) is 0 Å². The Hall–Kier alpha value is -2.01. The van der Waals surface area contributed by atoms with Gasteiger partial charge in [0.2, 0.25) is 5.95 Å². The molecular weight excluding hydrogens is 256 g/mol. The minimum absolute atomic E-state index is 0.480. The highest BCUT2D eigenvalue weighted by atomic mass is 32.1. The average Bonchev–Trinajstić information content (AvgIpc) is 2.34. The van der Waals surface area contributed by atoms with Gasteiger partial charge in [-0.3, -0.25) is 0 Å². The van der Waals surface area contributed by atoms with Gasteiger partial charge in [-0.2, -0.15) is 0 Å². The number of nitrogens with one attached hydrogen (secondary N) is 2. The van der Waals surface area contributed by atoms with Gasteiger partial charge in [-0.25, -0.2) is 9.97 Å². The van der Waals surface area contributed by atoms with Crippen molar-refractivity contribution in [3.05, 3.63) is 47.3 Å². The SMILES string of the molecule is Cc1ccnc(NC(=S)Nc2ccc(C)c(C)c2)n1. The minimum Gasteiger partial charge on any atom is -0.332 e. The van der Waals surface area contributed by atoms with Gasteiger partial charge in [-0.1, -0.05) is 6.07 Å². The van der Waals surface area contributed by atoms with Gasteiger partial charge in [0.1, 0.15) is 0 Å². The Labute approximate surface area is 118 Å². The lowest BCUT2D eigenvalue weighted by molar-refractivity contribution is 1.11. The molecule has 0 spiro atoms. The maximum atomic E-state index is 5.24. The van der Waals surface area contributed by atoms with E-state index in [1.807, 2.05) is 19.1 Å². The summed E-state index contributed by atoms with van der Waals surface area (Å²) < 4.78 is 0. The highest BCUT2D eigenvalue weighted by Gasteiger charge is 2.02. The normalized spacial score (nSPS) is 10.1. The molecule has 0 aliphatic rings. The highest BCUT2D eigenvalue weighted by molar-refractivity contribution is 7.80. The van der Waals surface area contributed by atoms with Crippen molar-refractivity contribution in [2.45, 2.75) is 20.8 Å². The van der Waals surface area contributed by atoms with Crippen LogP contribution in [-0.4, -0.2) is 15.1 Å². The molecular formula is C14H16N4S. The molecule has 5 heteroatoms. The molecule has 98 valence electrons. The molecule has 0 saturated heterocycles. The van der Waals surface area contributed by atoms with Gasteiger partial charge >= 0.3 is 0 Å². The molecule has 0 saturated carbocycles. The summed E-state index contributed by atoms with van der Waals surface area (Å²) in [5.41, 5.74) is 4.32. The summed E-state index contributed by atoms with van der Waals surface area (Å²) in [6.45, 7) is 6.06. The van der Waals surface area contributed by atoms with Crippen LogP contribution in [0.25, 0.3) is 0 Å². The molecule has 2 rings (SSSR count). The molecule has 0 aliphatic heterocycles. The van der Waals surface area contributed by atoms with E-state index in [2.05, 4.69) is 46.6 Å². The predicted octanol–water partition coefficient (Wildman–Crippen LogP) is 3.21. The summed E-state index contributed by atoms with van der Waals surface area (Å²) in [5, 5.41) is 6.56. The van der Waals surface area contributed by atoms with Gasteiger partial charge in [0.25, 0.3) is 0 Å². The van der Waals surface area contributed by atoms with Gasteiger partial charge in [-0.05, 0) is 62.3 Å². The van der Waals surface area contributed by atoms with Gasteiger partial charge in [0, 0.05) is 17.6 Å². The van der Waals surface area contributed by atoms with Crippen molar-refractivity contribution in [1.82, 2.24) is 9.97 Å². The highest BCUT2D eigenvalue weighted by Crippen LogP contribution is 2.14. The van der Waals surface area contributed by atoms with E-state index in [0.29, 0.717) is 11.1 Å². The Kier molecular flexibility index (Phi) is 4.06. The monoisotopic (exact) mass is 272 g/mol. The molecule has 1 aromatic carbocycles. The molecule has 2 N–H and O–H groups in total. The number of hydrogen-bond donors (Lipinski definition) is 2. The van der Waals surface area contributed by atoms with E-state index in [4.69, 9.17) is 12.2 Å². The summed E-state index contributed by atoms with van der Waals surface area (Å²) in [4.78, 5) is 8.34. The predicted molar refractivity (Wildman–Crippen MR) is 82.5 cm³/mol. The maximum Gasteiger partial charge on any atom is 0.229 e. The average molecular weight is 272 g/mol. The molecule has 2 aromatic rings. The number of hydrogen-bond acceptors (Lipinski definition) is 3. The molecule has 1 heterocycles. The standard InChI is InChI=1S/C14H16N4S/c1-9-4-5-12(8-10(9)2)17-14(19)18-13-15-7-6-11(3)16-13/h4-8H,1-3H3,(H2,15,16,17,18,19). The summed E-state index contributed by atoms with van der Waals surface area (Å²) in [5.74, 6) is 0.501. The van der Waals surface area contributed by atoms with Crippen LogP contribution in [0, 0.1) is 20.8 Å². The van der Waals surface area contributed by atoms with Crippen molar-refractivity contribution in [3.8, 4) is 0 Å². The number of benzene rings is 1. The summed E-state index contributed by atoms with van der Waals surface area (Å²) in [6.07, 6.45) is 1.70. The lowest BCUT2D eigenvalue weighted by atomic mass is 10.1. The minimum atomic E-state index is 0.480. The Morgan fingerprint density at radius 2 is 1.84 bits per heavy atom. The molecule has 1 aromatic heterocycles. The Morgan fingerprint density at radius 1 is 1.05 bits per heavy atom. The van der Waals surface area contributed by atoms with Gasteiger partial charge in [0.05, 0.1) is 0 Å². The quantitative estimate of drug-likeness (QED) is 0.822. The number of rotatable bonds is 2. The fourth-order valence-electron chi connectivity index (χ4n) is 1.59. The first-order valence-corrected chi connectivity index (χ1v) is 6.40. The second kappa shape index (κ2) is 5.75. The Bertz CT molecular complexity index is 610. The van der Waals surface area contributed by atoms with E-state index in [0.717, 1.165) is 11.4 Å². The third kappa shape index (κ3) is 3.72. The molecule has 0 aliphatic carbocycles. The molecule has 4 nitrogen and oxygen atoms in total. The van der Waals surface area contributed by atoms with Gasteiger partial charge < -0.3 is 10.6 Å². The molecule has 19 heavy (non-hydrogen) atoms. The maximum absolute atomic E-state index is 5.24. The number of aryl methyl sites for hydroxylation is 3. The van der Waals surface area contributed by atoms with Crippen LogP contribution >= 0.6 is 12.2 Å². The number of aromatic nitrogens is 2. The lowest BCUT2D eigenvalue weighted by Crippen LogP contribution is -2.20. The van der Waals surface area contributed by atoms with Gasteiger partial charge in [0.15, 0.2) is 5.11 Å². The van der Waals surface area contributed by atoms with Crippen molar-refractivity contribution in [2.24, 2.45) is 0 Å². The fourth-order valence-corrected chi connectivity index (χ4v) is 1.80. The Balaban J connectivity index is 2.03. The van der Waals surface area contributed by atoms with Crippen LogP contribution < -0.4 is 10.6 Å². The molecule has 0 fully saturated rings. The van der Waals surface area contributed by atoms with Crippen molar-refractivity contribution in [3.63, 3.8) is 0 Å². The molecule has 0 radical (unpaired) electrons. The summed E-state index contributed by atoms with van der Waals surface area (Å²) in [7, 11) is 0. The molecule has 0 bridgehead atoms. The third-order valence-electron chi connectivity index (χ3n) is 2.78. The number of nitrogens with zero attached hydrogens (tertiary/aromatic N) is 2. The zero-order chi connectivity index (χ0) is 13.8. The lowest BCUT2D eigenvalue weighted by Gasteiger charge is -2.10. The second-order valence-electron chi connectivity index (χ2n) is 4.40. The largest absolute Gasteiger partial charge is 0.332 e. The van der Waals surface area contributed by atoms with Crippen molar-refractivity contribution < 1.29 is 0 Å². The number of thiocarbonyl (C=S) groups is 1. The van der Waals surface area contributed by atoms with Crippen LogP contribution in [0.4, 0.5) is 11.6 Å². The van der Waals surface area contributed by atoms with Crippen LogP contribution in [0.2, 0.25) is 0 Å². The van der Waals surface area contributed by atoms with Crippen molar-refractivity contribution in [2.75, 3.05) is 10.6 Å². The van der Waals surface area contributed by atoms with E-state index in [9.17, 15) is 0 Å². The second-order valence-corrected chi connectivity index (χ2v) is 4.81. The fraction of sp³-hybridized carbons (Fsp3) is 0.214.